The van der Waals surface area contributed by atoms with Gasteiger partial charge in [0.25, 0.3) is 0 Å². The summed E-state index contributed by atoms with van der Waals surface area (Å²) >= 11 is 14.4. The molecule has 1 aliphatic rings. The summed E-state index contributed by atoms with van der Waals surface area (Å²) in [6.07, 6.45) is 1.86. The maximum absolute atomic E-state index is 13.4. The molecule has 31 heavy (non-hydrogen) atoms. The Balaban J connectivity index is 1.84. The van der Waals surface area contributed by atoms with Crippen LogP contribution in [0.3, 0.4) is 0 Å². The molecule has 0 N–H and O–H groups in total. The highest BCUT2D eigenvalue weighted by Crippen LogP contribution is 2.41. The smallest absolute Gasteiger partial charge is 0.242 e. The minimum absolute atomic E-state index is 0.0286. The van der Waals surface area contributed by atoms with Crippen molar-refractivity contribution in [3.63, 3.8) is 0 Å². The molecule has 0 radical (unpaired) electrons. The molecule has 1 atom stereocenters. The van der Waals surface area contributed by atoms with E-state index in [4.69, 9.17) is 27.9 Å². The van der Waals surface area contributed by atoms with Gasteiger partial charge in [-0.2, -0.15) is 0 Å². The average Bonchev–Trinajstić information content (AvgIpc) is 3.24. The molecule has 0 aliphatic carbocycles. The molecule has 1 aliphatic heterocycles. The highest BCUT2D eigenvalue weighted by molar-refractivity contribution is 7.10. The van der Waals surface area contributed by atoms with E-state index in [1.54, 1.807) is 28.4 Å². The molecule has 1 unspecified atom stereocenters. The molecule has 0 saturated carbocycles. The number of benzene rings is 1. The van der Waals surface area contributed by atoms with Crippen molar-refractivity contribution in [2.45, 2.75) is 39.2 Å². The van der Waals surface area contributed by atoms with E-state index in [9.17, 15) is 9.59 Å². The minimum Gasteiger partial charge on any atom is -0.382 e. The standard InChI is InChI=1S/C23H28Cl2N2O3S/c1-3-21(28)26(10-5-12-30-4-2)15-22(29)27-11-8-20-18(9-13-31-20)23(27)17-7-6-16(24)14-19(17)25/h6-7,9,13-14,23H,3-5,8,10-12,15H2,1-2H3. The molecular formula is C23H28Cl2N2O3S. The summed E-state index contributed by atoms with van der Waals surface area (Å²) in [5.41, 5.74) is 1.95. The first-order valence-corrected chi connectivity index (χ1v) is 12.3. The Morgan fingerprint density at radius 3 is 2.74 bits per heavy atom. The lowest BCUT2D eigenvalue weighted by Gasteiger charge is -2.38. The third kappa shape index (κ3) is 5.80. The number of rotatable bonds is 9. The zero-order chi connectivity index (χ0) is 22.4. The number of thiophene rings is 1. The first-order valence-electron chi connectivity index (χ1n) is 10.6. The van der Waals surface area contributed by atoms with Gasteiger partial charge >= 0.3 is 0 Å². The van der Waals surface area contributed by atoms with Crippen molar-refractivity contribution in [2.75, 3.05) is 32.8 Å². The molecule has 3 rings (SSSR count). The van der Waals surface area contributed by atoms with Crippen molar-refractivity contribution in [3.8, 4) is 0 Å². The van der Waals surface area contributed by atoms with Gasteiger partial charge in [0, 0.05) is 47.6 Å². The summed E-state index contributed by atoms with van der Waals surface area (Å²) in [4.78, 5) is 30.7. The Labute approximate surface area is 197 Å². The SMILES string of the molecule is CCOCCCN(CC(=O)N1CCc2sccc2C1c1ccc(Cl)cc1Cl)C(=O)CC. The van der Waals surface area contributed by atoms with Gasteiger partial charge in [0.15, 0.2) is 0 Å². The lowest BCUT2D eigenvalue weighted by Crippen LogP contribution is -2.47. The zero-order valence-electron chi connectivity index (χ0n) is 17.9. The van der Waals surface area contributed by atoms with Gasteiger partial charge in [-0.05, 0) is 54.5 Å². The van der Waals surface area contributed by atoms with Crippen LogP contribution in [0.1, 0.15) is 48.7 Å². The number of hydrogen-bond acceptors (Lipinski definition) is 4. The second-order valence-corrected chi connectivity index (χ2v) is 9.27. The van der Waals surface area contributed by atoms with E-state index in [2.05, 4.69) is 11.4 Å². The highest BCUT2D eigenvalue weighted by atomic mass is 35.5. The number of hydrogen-bond donors (Lipinski definition) is 0. The fourth-order valence-corrected chi connectivity index (χ4v) is 5.33. The zero-order valence-corrected chi connectivity index (χ0v) is 20.2. The van der Waals surface area contributed by atoms with Gasteiger partial charge in [0.1, 0.15) is 0 Å². The molecule has 1 aromatic carbocycles. The van der Waals surface area contributed by atoms with Gasteiger partial charge in [-0.25, -0.2) is 0 Å². The van der Waals surface area contributed by atoms with Gasteiger partial charge in [-0.3, -0.25) is 9.59 Å². The molecule has 0 bridgehead atoms. The Kier molecular flexibility index (Phi) is 8.78. The van der Waals surface area contributed by atoms with E-state index in [1.165, 1.54) is 4.88 Å². The molecule has 1 aromatic heterocycles. The molecule has 2 amide bonds. The van der Waals surface area contributed by atoms with Crippen molar-refractivity contribution >= 4 is 46.4 Å². The molecule has 8 heteroatoms. The summed E-state index contributed by atoms with van der Waals surface area (Å²) in [7, 11) is 0. The molecule has 5 nitrogen and oxygen atoms in total. The monoisotopic (exact) mass is 482 g/mol. The molecule has 168 valence electrons. The second kappa shape index (κ2) is 11.3. The number of halogens is 2. The lowest BCUT2D eigenvalue weighted by molar-refractivity contribution is -0.141. The first kappa shape index (κ1) is 24.1. The number of amides is 2. The summed E-state index contributed by atoms with van der Waals surface area (Å²) in [5.74, 6) is -0.106. The minimum atomic E-state index is -0.283. The van der Waals surface area contributed by atoms with Crippen LogP contribution in [0, 0.1) is 0 Å². The van der Waals surface area contributed by atoms with Crippen molar-refractivity contribution in [1.82, 2.24) is 9.80 Å². The largest absolute Gasteiger partial charge is 0.382 e. The maximum Gasteiger partial charge on any atom is 0.242 e. The number of nitrogens with zero attached hydrogens (tertiary/aromatic N) is 2. The van der Waals surface area contributed by atoms with Crippen molar-refractivity contribution in [2.24, 2.45) is 0 Å². The predicted octanol–water partition coefficient (Wildman–Crippen LogP) is 5.19. The summed E-state index contributed by atoms with van der Waals surface area (Å²) in [6.45, 7) is 6.11. The van der Waals surface area contributed by atoms with Crippen LogP contribution in [-0.2, 0) is 20.7 Å². The van der Waals surface area contributed by atoms with Crippen LogP contribution in [0.5, 0.6) is 0 Å². The average molecular weight is 483 g/mol. The molecular weight excluding hydrogens is 455 g/mol. The molecule has 0 saturated heterocycles. The summed E-state index contributed by atoms with van der Waals surface area (Å²) in [6, 6.07) is 7.18. The van der Waals surface area contributed by atoms with Crippen LogP contribution in [-0.4, -0.2) is 54.5 Å². The number of ether oxygens (including phenoxy) is 1. The van der Waals surface area contributed by atoms with Crippen LogP contribution in [0.4, 0.5) is 0 Å². The van der Waals surface area contributed by atoms with E-state index in [-0.39, 0.29) is 24.4 Å². The van der Waals surface area contributed by atoms with Gasteiger partial charge in [0.05, 0.1) is 12.6 Å². The van der Waals surface area contributed by atoms with Crippen molar-refractivity contribution in [1.29, 1.82) is 0 Å². The van der Waals surface area contributed by atoms with Crippen LogP contribution in [0.15, 0.2) is 29.6 Å². The summed E-state index contributed by atoms with van der Waals surface area (Å²) in [5, 5.41) is 3.14. The quantitative estimate of drug-likeness (QED) is 0.461. The van der Waals surface area contributed by atoms with E-state index in [1.807, 2.05) is 24.8 Å². The maximum atomic E-state index is 13.4. The van der Waals surface area contributed by atoms with Gasteiger partial charge in [0.2, 0.25) is 11.8 Å². The van der Waals surface area contributed by atoms with Crippen molar-refractivity contribution in [3.05, 3.63) is 55.7 Å². The molecule has 0 spiro atoms. The fourth-order valence-electron chi connectivity index (χ4n) is 3.92. The lowest BCUT2D eigenvalue weighted by atomic mass is 9.93. The molecule has 2 heterocycles. The third-order valence-electron chi connectivity index (χ3n) is 5.45. The van der Waals surface area contributed by atoms with E-state index in [0.29, 0.717) is 49.2 Å². The van der Waals surface area contributed by atoms with E-state index in [0.717, 1.165) is 17.5 Å². The van der Waals surface area contributed by atoms with Gasteiger partial charge < -0.3 is 14.5 Å². The van der Waals surface area contributed by atoms with Crippen LogP contribution < -0.4 is 0 Å². The second-order valence-electron chi connectivity index (χ2n) is 7.42. The van der Waals surface area contributed by atoms with E-state index >= 15 is 0 Å². The first-order chi connectivity index (χ1) is 15.0. The van der Waals surface area contributed by atoms with Crippen LogP contribution in [0.2, 0.25) is 10.0 Å². The fraction of sp³-hybridized carbons (Fsp3) is 0.478. The number of carbonyl (C=O) groups excluding carboxylic acids is 2. The van der Waals surface area contributed by atoms with Crippen molar-refractivity contribution < 1.29 is 14.3 Å². The number of carbonyl (C=O) groups is 2. The van der Waals surface area contributed by atoms with Crippen LogP contribution >= 0.6 is 34.5 Å². The third-order valence-corrected chi connectivity index (χ3v) is 7.00. The predicted molar refractivity (Wildman–Crippen MR) is 126 cm³/mol. The summed E-state index contributed by atoms with van der Waals surface area (Å²) < 4.78 is 5.39. The number of fused-ring (bicyclic) bond motifs is 1. The van der Waals surface area contributed by atoms with E-state index < -0.39 is 0 Å². The Hall–Kier alpha value is -1.60. The topological polar surface area (TPSA) is 49.9 Å². The van der Waals surface area contributed by atoms with Gasteiger partial charge in [-0.1, -0.05) is 36.2 Å². The molecule has 2 aromatic rings. The van der Waals surface area contributed by atoms with Gasteiger partial charge in [-0.15, -0.1) is 11.3 Å². The normalized spacial score (nSPS) is 15.6. The Bertz CT molecular complexity index is 918. The molecule has 0 fully saturated rings. The highest BCUT2D eigenvalue weighted by Gasteiger charge is 2.34. The van der Waals surface area contributed by atoms with Crippen LogP contribution in [0.25, 0.3) is 0 Å². The Morgan fingerprint density at radius 2 is 2.03 bits per heavy atom. The Morgan fingerprint density at radius 1 is 1.23 bits per heavy atom.